The fraction of sp³-hybridized carbons (Fsp3) is 0.562. The van der Waals surface area contributed by atoms with Gasteiger partial charge in [0.05, 0.1) is 5.41 Å². The Hall–Kier alpha value is -1.39. The fourth-order valence-corrected chi connectivity index (χ4v) is 2.76. The number of carbonyl (C=O) groups excluding carboxylic acids is 1. The number of carbonyl (C=O) groups is 1. The summed E-state index contributed by atoms with van der Waals surface area (Å²) in [5, 5.41) is 6.18. The van der Waals surface area contributed by atoms with E-state index < -0.39 is 5.41 Å². The summed E-state index contributed by atoms with van der Waals surface area (Å²) in [7, 11) is 1.92. The van der Waals surface area contributed by atoms with Crippen molar-refractivity contribution in [2.45, 2.75) is 24.7 Å². The zero-order chi connectivity index (χ0) is 14.3. The average Bonchev–Trinajstić information content (AvgIpc) is 2.53. The molecule has 0 radical (unpaired) electrons. The molecule has 0 unspecified atom stereocenters. The lowest BCUT2D eigenvalue weighted by Crippen LogP contribution is -2.48. The molecule has 1 aliphatic heterocycles. The van der Waals surface area contributed by atoms with Gasteiger partial charge in [-0.15, -0.1) is 0 Å². The van der Waals surface area contributed by atoms with Gasteiger partial charge in [-0.2, -0.15) is 0 Å². The van der Waals surface area contributed by atoms with Crippen molar-refractivity contribution in [2.75, 3.05) is 33.4 Å². The van der Waals surface area contributed by atoms with Gasteiger partial charge in [-0.3, -0.25) is 4.79 Å². The molecule has 1 saturated heterocycles. The van der Waals surface area contributed by atoms with Gasteiger partial charge < -0.3 is 15.4 Å². The third-order valence-corrected chi connectivity index (χ3v) is 4.00. The van der Waals surface area contributed by atoms with E-state index in [2.05, 4.69) is 22.8 Å². The summed E-state index contributed by atoms with van der Waals surface area (Å²) in [6, 6.07) is 10.1. The smallest absolute Gasteiger partial charge is 0.230 e. The maximum absolute atomic E-state index is 12.7. The predicted octanol–water partition coefficient (Wildman–Crippen LogP) is 1.46. The minimum absolute atomic E-state index is 0.142. The van der Waals surface area contributed by atoms with Crippen molar-refractivity contribution >= 4 is 5.91 Å². The summed E-state index contributed by atoms with van der Waals surface area (Å²) in [5.41, 5.74) is 0.688. The van der Waals surface area contributed by atoms with Gasteiger partial charge in [-0.25, -0.2) is 0 Å². The van der Waals surface area contributed by atoms with Crippen LogP contribution in [0.25, 0.3) is 0 Å². The van der Waals surface area contributed by atoms with E-state index in [-0.39, 0.29) is 5.91 Å². The monoisotopic (exact) mass is 276 g/mol. The highest BCUT2D eigenvalue weighted by molar-refractivity contribution is 5.88. The normalized spacial score (nSPS) is 17.6. The molecule has 110 valence electrons. The Morgan fingerprint density at radius 2 is 1.90 bits per heavy atom. The summed E-state index contributed by atoms with van der Waals surface area (Å²) in [5.74, 6) is 0.142. The molecule has 4 heteroatoms. The molecule has 0 bridgehead atoms. The van der Waals surface area contributed by atoms with Gasteiger partial charge in [-0.1, -0.05) is 30.3 Å². The first-order valence-electron chi connectivity index (χ1n) is 7.36. The lowest BCUT2D eigenvalue weighted by molar-refractivity contribution is -0.130. The minimum atomic E-state index is -0.418. The summed E-state index contributed by atoms with van der Waals surface area (Å²) in [6.07, 6.45) is 2.47. The van der Waals surface area contributed by atoms with Gasteiger partial charge in [-0.05, 0) is 38.4 Å². The fourth-order valence-electron chi connectivity index (χ4n) is 2.76. The molecule has 1 amide bonds. The van der Waals surface area contributed by atoms with Gasteiger partial charge >= 0.3 is 0 Å². The van der Waals surface area contributed by atoms with E-state index in [1.165, 1.54) is 0 Å². The van der Waals surface area contributed by atoms with Crippen LogP contribution in [0, 0.1) is 0 Å². The Balaban J connectivity index is 2.09. The lowest BCUT2D eigenvalue weighted by Gasteiger charge is -2.36. The Labute approximate surface area is 120 Å². The number of rotatable bonds is 6. The Morgan fingerprint density at radius 1 is 1.20 bits per heavy atom. The second-order valence-corrected chi connectivity index (χ2v) is 5.27. The zero-order valence-electron chi connectivity index (χ0n) is 12.2. The molecule has 1 heterocycles. The zero-order valence-corrected chi connectivity index (χ0v) is 12.2. The van der Waals surface area contributed by atoms with E-state index in [0.29, 0.717) is 13.2 Å². The van der Waals surface area contributed by atoms with E-state index >= 15 is 0 Å². The van der Waals surface area contributed by atoms with Crippen LogP contribution in [0.1, 0.15) is 24.8 Å². The first-order chi connectivity index (χ1) is 9.79. The predicted molar refractivity (Wildman–Crippen MR) is 79.7 cm³/mol. The molecule has 0 aliphatic carbocycles. The third kappa shape index (κ3) is 3.38. The molecular weight excluding hydrogens is 252 g/mol. The number of benzene rings is 1. The summed E-state index contributed by atoms with van der Waals surface area (Å²) >= 11 is 0. The molecule has 2 rings (SSSR count). The van der Waals surface area contributed by atoms with Crippen molar-refractivity contribution in [3.63, 3.8) is 0 Å². The van der Waals surface area contributed by atoms with Crippen LogP contribution in [-0.2, 0) is 14.9 Å². The maximum atomic E-state index is 12.7. The molecule has 0 atom stereocenters. The summed E-state index contributed by atoms with van der Waals surface area (Å²) < 4.78 is 5.45. The topological polar surface area (TPSA) is 50.4 Å². The van der Waals surface area contributed by atoms with Crippen molar-refractivity contribution in [1.82, 2.24) is 10.6 Å². The van der Waals surface area contributed by atoms with E-state index in [4.69, 9.17) is 4.74 Å². The van der Waals surface area contributed by atoms with Crippen molar-refractivity contribution in [1.29, 1.82) is 0 Å². The van der Waals surface area contributed by atoms with E-state index in [1.54, 1.807) is 0 Å². The molecule has 1 aromatic carbocycles. The van der Waals surface area contributed by atoms with Crippen LogP contribution in [0.15, 0.2) is 30.3 Å². The Morgan fingerprint density at radius 3 is 2.55 bits per heavy atom. The van der Waals surface area contributed by atoms with Crippen molar-refractivity contribution in [2.24, 2.45) is 0 Å². The van der Waals surface area contributed by atoms with E-state index in [1.807, 2.05) is 25.2 Å². The van der Waals surface area contributed by atoms with E-state index in [0.717, 1.165) is 37.9 Å². The van der Waals surface area contributed by atoms with Gasteiger partial charge in [0.1, 0.15) is 0 Å². The quantitative estimate of drug-likeness (QED) is 0.773. The molecule has 1 aliphatic rings. The van der Waals surface area contributed by atoms with Crippen LogP contribution in [0.4, 0.5) is 0 Å². The SMILES string of the molecule is CNCCCNC(=O)C1(c2ccccc2)CCOCC1. The largest absolute Gasteiger partial charge is 0.381 e. The maximum Gasteiger partial charge on any atom is 0.230 e. The lowest BCUT2D eigenvalue weighted by atomic mass is 9.73. The van der Waals surface area contributed by atoms with Crippen molar-refractivity contribution < 1.29 is 9.53 Å². The summed E-state index contributed by atoms with van der Waals surface area (Å²) in [6.45, 7) is 2.94. The van der Waals surface area contributed by atoms with Crippen LogP contribution < -0.4 is 10.6 Å². The number of hydrogen-bond acceptors (Lipinski definition) is 3. The van der Waals surface area contributed by atoms with Crippen LogP contribution >= 0.6 is 0 Å². The highest BCUT2D eigenvalue weighted by Gasteiger charge is 2.41. The van der Waals surface area contributed by atoms with Gasteiger partial charge in [0.25, 0.3) is 0 Å². The molecule has 0 aromatic heterocycles. The van der Waals surface area contributed by atoms with Crippen LogP contribution in [0.5, 0.6) is 0 Å². The van der Waals surface area contributed by atoms with Crippen molar-refractivity contribution in [3.05, 3.63) is 35.9 Å². The standard InChI is InChI=1S/C16H24N2O2/c1-17-10-5-11-18-15(19)16(8-12-20-13-9-16)14-6-3-2-4-7-14/h2-4,6-7,17H,5,8-13H2,1H3,(H,18,19). The summed E-state index contributed by atoms with van der Waals surface area (Å²) in [4.78, 5) is 12.7. The molecule has 20 heavy (non-hydrogen) atoms. The molecule has 0 spiro atoms. The molecule has 1 fully saturated rings. The second kappa shape index (κ2) is 7.41. The van der Waals surface area contributed by atoms with Gasteiger partial charge in [0.2, 0.25) is 5.91 Å². The molecule has 0 saturated carbocycles. The van der Waals surface area contributed by atoms with Crippen LogP contribution in [-0.4, -0.2) is 39.3 Å². The minimum Gasteiger partial charge on any atom is -0.381 e. The molecule has 1 aromatic rings. The van der Waals surface area contributed by atoms with Crippen LogP contribution in [0.2, 0.25) is 0 Å². The molecule has 4 nitrogen and oxygen atoms in total. The average molecular weight is 276 g/mol. The number of amides is 1. The number of nitrogens with one attached hydrogen (secondary N) is 2. The third-order valence-electron chi connectivity index (χ3n) is 4.00. The first kappa shape index (κ1) is 15.0. The Bertz CT molecular complexity index is 414. The van der Waals surface area contributed by atoms with Gasteiger partial charge in [0, 0.05) is 19.8 Å². The Kier molecular flexibility index (Phi) is 5.56. The number of ether oxygens (including phenoxy) is 1. The van der Waals surface area contributed by atoms with Crippen molar-refractivity contribution in [3.8, 4) is 0 Å². The second-order valence-electron chi connectivity index (χ2n) is 5.27. The first-order valence-corrected chi connectivity index (χ1v) is 7.36. The number of hydrogen-bond donors (Lipinski definition) is 2. The highest BCUT2D eigenvalue weighted by Crippen LogP contribution is 2.35. The highest BCUT2D eigenvalue weighted by atomic mass is 16.5. The van der Waals surface area contributed by atoms with Gasteiger partial charge in [0.15, 0.2) is 0 Å². The van der Waals surface area contributed by atoms with E-state index in [9.17, 15) is 4.79 Å². The van der Waals surface area contributed by atoms with Crippen LogP contribution in [0.3, 0.4) is 0 Å². The molecule has 2 N–H and O–H groups in total. The molecular formula is C16H24N2O2.